The molecule has 1 amide bonds. The van der Waals surface area contributed by atoms with E-state index < -0.39 is 0 Å². The zero-order chi connectivity index (χ0) is 14.5. The number of rotatable bonds is 4. The molecule has 0 aliphatic carbocycles. The number of anilines is 1. The molecule has 0 unspecified atom stereocenters. The van der Waals surface area contributed by atoms with Crippen LogP contribution >= 0.6 is 11.6 Å². The third-order valence-electron chi connectivity index (χ3n) is 3.23. The van der Waals surface area contributed by atoms with Crippen LogP contribution in [0.5, 0.6) is 5.75 Å². The Labute approximate surface area is 123 Å². The van der Waals surface area contributed by atoms with Crippen molar-refractivity contribution in [1.82, 2.24) is 4.90 Å². The Morgan fingerprint density at radius 2 is 2.15 bits per heavy atom. The van der Waals surface area contributed by atoms with Crippen LogP contribution in [0.15, 0.2) is 18.2 Å². The summed E-state index contributed by atoms with van der Waals surface area (Å²) in [5.41, 5.74) is 0.796. The summed E-state index contributed by atoms with van der Waals surface area (Å²) < 4.78 is 10.3. The summed E-state index contributed by atoms with van der Waals surface area (Å²) in [6.45, 7) is 4.35. The van der Waals surface area contributed by atoms with Crippen LogP contribution in [-0.2, 0) is 9.53 Å². The van der Waals surface area contributed by atoms with Gasteiger partial charge in [0.1, 0.15) is 11.8 Å². The molecule has 1 atom stereocenters. The van der Waals surface area contributed by atoms with Gasteiger partial charge in [0, 0.05) is 18.8 Å². The summed E-state index contributed by atoms with van der Waals surface area (Å²) in [5.74, 6) is 0.685. The van der Waals surface area contributed by atoms with Gasteiger partial charge in [0.2, 0.25) is 5.91 Å². The van der Waals surface area contributed by atoms with Crippen molar-refractivity contribution in [3.05, 3.63) is 23.2 Å². The number of morpholine rings is 1. The molecule has 1 aliphatic rings. The van der Waals surface area contributed by atoms with Crippen LogP contribution in [0.1, 0.15) is 6.92 Å². The first kappa shape index (κ1) is 14.9. The van der Waals surface area contributed by atoms with E-state index in [4.69, 9.17) is 21.1 Å². The van der Waals surface area contributed by atoms with Crippen LogP contribution in [-0.4, -0.2) is 50.3 Å². The van der Waals surface area contributed by atoms with E-state index in [0.717, 1.165) is 5.69 Å². The number of ether oxygens (including phenoxy) is 2. The van der Waals surface area contributed by atoms with Crippen molar-refractivity contribution in [1.29, 1.82) is 0 Å². The van der Waals surface area contributed by atoms with Gasteiger partial charge in [-0.15, -0.1) is 0 Å². The fourth-order valence-electron chi connectivity index (χ4n) is 2.13. The van der Waals surface area contributed by atoms with Gasteiger partial charge in [-0.2, -0.15) is 0 Å². The van der Waals surface area contributed by atoms with Crippen molar-refractivity contribution in [2.24, 2.45) is 0 Å². The van der Waals surface area contributed by atoms with E-state index in [2.05, 4.69) is 5.32 Å². The van der Waals surface area contributed by atoms with Gasteiger partial charge in [-0.3, -0.25) is 4.79 Å². The van der Waals surface area contributed by atoms with E-state index in [-0.39, 0.29) is 11.9 Å². The Morgan fingerprint density at radius 3 is 2.75 bits per heavy atom. The van der Waals surface area contributed by atoms with Crippen molar-refractivity contribution in [2.45, 2.75) is 13.0 Å². The van der Waals surface area contributed by atoms with Crippen molar-refractivity contribution < 1.29 is 14.3 Å². The molecule has 2 rings (SSSR count). The summed E-state index contributed by atoms with van der Waals surface area (Å²) >= 11 is 6.06. The van der Waals surface area contributed by atoms with Crippen molar-refractivity contribution >= 4 is 23.2 Å². The standard InChI is InChI=1S/C14H19ClN2O3/c1-10(14(18)17-5-7-20-8-6-17)16-11-3-4-13(19-2)12(15)9-11/h3-4,9-10,16H,5-8H2,1-2H3/t10-/m0/s1. The quantitative estimate of drug-likeness (QED) is 0.924. The lowest BCUT2D eigenvalue weighted by atomic mass is 10.2. The van der Waals surface area contributed by atoms with Crippen molar-refractivity contribution in [3.8, 4) is 5.75 Å². The molecule has 1 N–H and O–H groups in total. The number of halogens is 1. The predicted molar refractivity (Wildman–Crippen MR) is 78.5 cm³/mol. The Hall–Kier alpha value is -1.46. The number of amides is 1. The van der Waals surface area contributed by atoms with Crippen LogP contribution < -0.4 is 10.1 Å². The van der Waals surface area contributed by atoms with Gasteiger partial charge in [-0.05, 0) is 25.1 Å². The molecule has 1 saturated heterocycles. The van der Waals surface area contributed by atoms with E-state index >= 15 is 0 Å². The molecule has 0 bridgehead atoms. The van der Waals surface area contributed by atoms with Crippen molar-refractivity contribution in [3.63, 3.8) is 0 Å². The fourth-order valence-corrected chi connectivity index (χ4v) is 2.38. The monoisotopic (exact) mass is 298 g/mol. The van der Waals surface area contributed by atoms with Gasteiger partial charge in [0.05, 0.1) is 25.3 Å². The number of nitrogens with one attached hydrogen (secondary N) is 1. The third-order valence-corrected chi connectivity index (χ3v) is 3.52. The maximum Gasteiger partial charge on any atom is 0.244 e. The number of benzene rings is 1. The number of carbonyl (C=O) groups excluding carboxylic acids is 1. The van der Waals surface area contributed by atoms with Gasteiger partial charge < -0.3 is 19.7 Å². The zero-order valence-corrected chi connectivity index (χ0v) is 12.4. The highest BCUT2D eigenvalue weighted by Gasteiger charge is 2.22. The van der Waals surface area contributed by atoms with Gasteiger partial charge in [0.15, 0.2) is 0 Å². The Bertz CT molecular complexity index is 475. The predicted octanol–water partition coefficient (Wildman–Crippen LogP) is 2.01. The molecule has 6 heteroatoms. The highest BCUT2D eigenvalue weighted by atomic mass is 35.5. The lowest BCUT2D eigenvalue weighted by Gasteiger charge is -2.29. The van der Waals surface area contributed by atoms with Crippen LogP contribution in [0.25, 0.3) is 0 Å². The Balaban J connectivity index is 1.98. The average molecular weight is 299 g/mol. The van der Waals surface area contributed by atoms with Crippen LogP contribution in [0.3, 0.4) is 0 Å². The number of methoxy groups -OCH3 is 1. The normalized spacial score (nSPS) is 16.6. The molecule has 1 heterocycles. The summed E-state index contributed by atoms with van der Waals surface area (Å²) in [4.78, 5) is 14.1. The number of hydrogen-bond acceptors (Lipinski definition) is 4. The molecule has 0 aromatic heterocycles. The minimum Gasteiger partial charge on any atom is -0.495 e. The highest BCUT2D eigenvalue weighted by Crippen LogP contribution is 2.27. The SMILES string of the molecule is COc1ccc(N[C@@H](C)C(=O)N2CCOCC2)cc1Cl. The minimum atomic E-state index is -0.308. The van der Waals surface area contributed by atoms with Crippen LogP contribution in [0.4, 0.5) is 5.69 Å². The largest absolute Gasteiger partial charge is 0.495 e. The molecule has 1 fully saturated rings. The molecule has 110 valence electrons. The molecule has 5 nitrogen and oxygen atoms in total. The smallest absolute Gasteiger partial charge is 0.244 e. The van der Waals surface area contributed by atoms with Crippen LogP contribution in [0.2, 0.25) is 5.02 Å². The maximum atomic E-state index is 12.3. The number of nitrogens with zero attached hydrogens (tertiary/aromatic N) is 1. The van der Waals surface area contributed by atoms with E-state index in [1.54, 1.807) is 19.2 Å². The first-order valence-electron chi connectivity index (χ1n) is 6.58. The summed E-state index contributed by atoms with van der Waals surface area (Å²) in [7, 11) is 1.57. The van der Waals surface area contributed by atoms with E-state index in [9.17, 15) is 4.79 Å². The summed E-state index contributed by atoms with van der Waals surface area (Å²) in [6.07, 6.45) is 0. The second-order valence-electron chi connectivity index (χ2n) is 4.65. The molecule has 1 aromatic carbocycles. The average Bonchev–Trinajstić information content (AvgIpc) is 2.47. The summed E-state index contributed by atoms with van der Waals surface area (Å²) in [6, 6.07) is 5.06. The third kappa shape index (κ3) is 3.55. The Morgan fingerprint density at radius 1 is 1.45 bits per heavy atom. The molecule has 1 aliphatic heterocycles. The van der Waals surface area contributed by atoms with Crippen molar-refractivity contribution in [2.75, 3.05) is 38.7 Å². The molecule has 0 spiro atoms. The van der Waals surface area contributed by atoms with E-state index in [0.29, 0.717) is 37.1 Å². The Kier molecular flexibility index (Phi) is 5.09. The fraction of sp³-hybridized carbons (Fsp3) is 0.500. The second kappa shape index (κ2) is 6.81. The number of hydrogen-bond donors (Lipinski definition) is 1. The molecular weight excluding hydrogens is 280 g/mol. The first-order valence-corrected chi connectivity index (χ1v) is 6.96. The van der Waals surface area contributed by atoms with Gasteiger partial charge in [-0.1, -0.05) is 11.6 Å². The van der Waals surface area contributed by atoms with Gasteiger partial charge in [-0.25, -0.2) is 0 Å². The van der Waals surface area contributed by atoms with E-state index in [1.807, 2.05) is 17.9 Å². The lowest BCUT2D eigenvalue weighted by Crippen LogP contribution is -2.46. The summed E-state index contributed by atoms with van der Waals surface area (Å²) in [5, 5.41) is 3.68. The second-order valence-corrected chi connectivity index (χ2v) is 5.06. The first-order chi connectivity index (χ1) is 9.61. The molecule has 0 saturated carbocycles. The zero-order valence-electron chi connectivity index (χ0n) is 11.7. The minimum absolute atomic E-state index is 0.0697. The van der Waals surface area contributed by atoms with Gasteiger partial charge in [0.25, 0.3) is 0 Å². The van der Waals surface area contributed by atoms with Crippen LogP contribution in [0, 0.1) is 0 Å². The maximum absolute atomic E-state index is 12.3. The number of carbonyl (C=O) groups is 1. The molecule has 0 radical (unpaired) electrons. The van der Waals surface area contributed by atoms with Gasteiger partial charge >= 0.3 is 0 Å². The van der Waals surface area contributed by atoms with E-state index in [1.165, 1.54) is 0 Å². The highest BCUT2D eigenvalue weighted by molar-refractivity contribution is 6.32. The lowest BCUT2D eigenvalue weighted by molar-refractivity contribution is -0.135. The molecular formula is C14H19ClN2O3. The molecule has 20 heavy (non-hydrogen) atoms. The molecule has 1 aromatic rings. The topological polar surface area (TPSA) is 50.8 Å².